The third-order valence-corrected chi connectivity index (χ3v) is 6.86. The third-order valence-electron chi connectivity index (χ3n) is 6.86. The summed E-state index contributed by atoms with van der Waals surface area (Å²) in [5.41, 5.74) is 0.362. The standard InChI is InChI=1S/C22H33N3O3/c1-20(2,19(27)28-5)15-25-16-21(14-18(25)26)9-11-22(12-10-21,24(3)4)17-8-6-7-13-23-17/h6-8,13H,9-12,14-16H2,1-5H3/t21-,22+. The van der Waals surface area contributed by atoms with E-state index in [-0.39, 0.29) is 22.8 Å². The molecule has 2 fully saturated rings. The summed E-state index contributed by atoms with van der Waals surface area (Å²) in [7, 11) is 5.65. The third kappa shape index (κ3) is 3.66. The molecule has 0 bridgehead atoms. The Morgan fingerprint density at radius 3 is 2.46 bits per heavy atom. The van der Waals surface area contributed by atoms with Crippen LogP contribution in [0.25, 0.3) is 0 Å². The van der Waals surface area contributed by atoms with Crippen LogP contribution in [0.3, 0.4) is 0 Å². The van der Waals surface area contributed by atoms with Crippen LogP contribution in [-0.2, 0) is 19.9 Å². The van der Waals surface area contributed by atoms with E-state index in [9.17, 15) is 9.59 Å². The van der Waals surface area contributed by atoms with Gasteiger partial charge in [0.15, 0.2) is 0 Å². The first-order valence-corrected chi connectivity index (χ1v) is 10.1. The average molecular weight is 388 g/mol. The summed E-state index contributed by atoms with van der Waals surface area (Å²) in [5.74, 6) is -0.112. The minimum atomic E-state index is -0.689. The summed E-state index contributed by atoms with van der Waals surface area (Å²) in [6, 6.07) is 6.12. The molecular weight excluding hydrogens is 354 g/mol. The number of pyridine rings is 1. The Balaban J connectivity index is 1.73. The van der Waals surface area contributed by atoms with Gasteiger partial charge in [0.2, 0.25) is 5.91 Å². The van der Waals surface area contributed by atoms with Crippen LogP contribution in [0.2, 0.25) is 0 Å². The number of aromatic nitrogens is 1. The number of likely N-dealkylation sites (tertiary alicyclic amines) is 1. The van der Waals surface area contributed by atoms with Crippen LogP contribution in [0.4, 0.5) is 0 Å². The van der Waals surface area contributed by atoms with Crippen molar-refractivity contribution < 1.29 is 14.3 Å². The number of hydrogen-bond acceptors (Lipinski definition) is 5. The van der Waals surface area contributed by atoms with E-state index in [1.807, 2.05) is 37.1 Å². The maximum absolute atomic E-state index is 12.8. The Labute approximate surface area is 168 Å². The lowest BCUT2D eigenvalue weighted by atomic mass is 9.65. The molecule has 0 unspecified atom stereocenters. The van der Waals surface area contributed by atoms with E-state index >= 15 is 0 Å². The summed E-state index contributed by atoms with van der Waals surface area (Å²) in [6.07, 6.45) is 6.39. The molecule has 1 saturated carbocycles. The first-order valence-electron chi connectivity index (χ1n) is 10.1. The van der Waals surface area contributed by atoms with E-state index in [2.05, 4.69) is 30.0 Å². The van der Waals surface area contributed by atoms with E-state index in [4.69, 9.17) is 4.74 Å². The van der Waals surface area contributed by atoms with Crippen molar-refractivity contribution in [2.75, 3.05) is 34.3 Å². The number of nitrogens with zero attached hydrogens (tertiary/aromatic N) is 3. The normalized spacial score (nSPS) is 28.2. The second kappa shape index (κ2) is 7.47. The fraction of sp³-hybridized carbons (Fsp3) is 0.682. The van der Waals surface area contributed by atoms with Gasteiger partial charge in [0.25, 0.3) is 0 Å². The molecule has 1 spiro atoms. The van der Waals surface area contributed by atoms with Crippen molar-refractivity contribution >= 4 is 11.9 Å². The van der Waals surface area contributed by atoms with Gasteiger partial charge in [-0.25, -0.2) is 0 Å². The van der Waals surface area contributed by atoms with Gasteiger partial charge in [-0.15, -0.1) is 0 Å². The SMILES string of the molecule is COC(=O)C(C)(C)CN1C[C@]2(CC[C@@](c3ccccn3)(N(C)C)CC2)CC1=O. The quantitative estimate of drug-likeness (QED) is 0.727. The first-order chi connectivity index (χ1) is 13.1. The molecular formula is C22H33N3O3. The van der Waals surface area contributed by atoms with Crippen molar-refractivity contribution in [1.29, 1.82) is 0 Å². The van der Waals surface area contributed by atoms with Crippen LogP contribution >= 0.6 is 0 Å². The maximum atomic E-state index is 12.8. The lowest BCUT2D eigenvalue weighted by molar-refractivity contribution is -0.152. The lowest BCUT2D eigenvalue weighted by Crippen LogP contribution is -2.48. The van der Waals surface area contributed by atoms with Gasteiger partial charge in [0, 0.05) is 25.7 Å². The molecule has 0 N–H and O–H groups in total. The second-order valence-electron chi connectivity index (χ2n) is 9.44. The van der Waals surface area contributed by atoms with Crippen LogP contribution in [0.1, 0.15) is 51.6 Å². The molecule has 1 aliphatic heterocycles. The van der Waals surface area contributed by atoms with Gasteiger partial charge in [-0.3, -0.25) is 19.5 Å². The van der Waals surface area contributed by atoms with E-state index in [1.54, 1.807) is 0 Å². The molecule has 0 atom stereocenters. The van der Waals surface area contributed by atoms with Crippen LogP contribution < -0.4 is 0 Å². The molecule has 1 aromatic heterocycles. The molecule has 6 nitrogen and oxygen atoms in total. The molecule has 1 aliphatic carbocycles. The second-order valence-corrected chi connectivity index (χ2v) is 9.44. The molecule has 2 heterocycles. The van der Waals surface area contributed by atoms with E-state index in [0.717, 1.165) is 37.9 Å². The summed E-state index contributed by atoms with van der Waals surface area (Å²) in [6.45, 7) is 4.84. The zero-order chi connectivity index (χ0) is 20.6. The molecule has 154 valence electrons. The smallest absolute Gasteiger partial charge is 0.313 e. The zero-order valence-electron chi connectivity index (χ0n) is 17.8. The number of ether oxygens (including phenoxy) is 1. The van der Waals surface area contributed by atoms with Gasteiger partial charge in [-0.1, -0.05) is 6.07 Å². The van der Waals surface area contributed by atoms with Crippen molar-refractivity contribution in [3.05, 3.63) is 30.1 Å². The minimum absolute atomic E-state index is 0.0115. The Bertz CT molecular complexity index is 722. The monoisotopic (exact) mass is 387 g/mol. The molecule has 1 amide bonds. The number of hydrogen-bond donors (Lipinski definition) is 0. The summed E-state index contributed by atoms with van der Waals surface area (Å²) in [5, 5.41) is 0. The Morgan fingerprint density at radius 1 is 1.25 bits per heavy atom. The van der Waals surface area contributed by atoms with Gasteiger partial charge < -0.3 is 9.64 Å². The molecule has 2 aliphatic rings. The summed E-state index contributed by atoms with van der Waals surface area (Å²) in [4.78, 5) is 33.6. The fourth-order valence-electron chi connectivity index (χ4n) is 5.04. The first kappa shape index (κ1) is 20.8. The van der Waals surface area contributed by atoms with Crippen molar-refractivity contribution in [3.63, 3.8) is 0 Å². The van der Waals surface area contributed by atoms with Crippen LogP contribution in [0, 0.1) is 10.8 Å². The predicted octanol–water partition coefficient (Wildman–Crippen LogP) is 2.83. The van der Waals surface area contributed by atoms with E-state index in [0.29, 0.717) is 13.0 Å². The minimum Gasteiger partial charge on any atom is -0.469 e. The van der Waals surface area contributed by atoms with E-state index in [1.165, 1.54) is 7.11 Å². The van der Waals surface area contributed by atoms with Gasteiger partial charge in [0.1, 0.15) is 0 Å². The molecule has 0 aromatic carbocycles. The molecule has 1 saturated heterocycles. The maximum Gasteiger partial charge on any atom is 0.313 e. The topological polar surface area (TPSA) is 62.7 Å². The highest BCUT2D eigenvalue weighted by Crippen LogP contribution is 2.52. The van der Waals surface area contributed by atoms with Crippen molar-refractivity contribution in [2.45, 2.75) is 51.5 Å². The van der Waals surface area contributed by atoms with Crippen molar-refractivity contribution in [3.8, 4) is 0 Å². The highest BCUT2D eigenvalue weighted by Gasteiger charge is 2.51. The highest BCUT2D eigenvalue weighted by atomic mass is 16.5. The average Bonchev–Trinajstić information content (AvgIpc) is 2.96. The fourth-order valence-corrected chi connectivity index (χ4v) is 5.04. The van der Waals surface area contributed by atoms with Gasteiger partial charge in [-0.2, -0.15) is 0 Å². The Morgan fingerprint density at radius 2 is 1.93 bits per heavy atom. The van der Waals surface area contributed by atoms with Crippen LogP contribution in [0.15, 0.2) is 24.4 Å². The molecule has 6 heteroatoms. The number of rotatable bonds is 5. The number of methoxy groups -OCH3 is 1. The highest BCUT2D eigenvalue weighted by molar-refractivity contribution is 5.81. The van der Waals surface area contributed by atoms with Gasteiger partial charge in [0.05, 0.1) is 23.8 Å². The van der Waals surface area contributed by atoms with Crippen LogP contribution in [0.5, 0.6) is 0 Å². The van der Waals surface area contributed by atoms with Crippen LogP contribution in [-0.4, -0.2) is 61.0 Å². The largest absolute Gasteiger partial charge is 0.469 e. The predicted molar refractivity (Wildman–Crippen MR) is 107 cm³/mol. The Hall–Kier alpha value is -1.95. The van der Waals surface area contributed by atoms with Crippen molar-refractivity contribution in [1.82, 2.24) is 14.8 Å². The lowest BCUT2D eigenvalue weighted by Gasteiger charge is -2.48. The molecule has 3 rings (SSSR count). The van der Waals surface area contributed by atoms with E-state index < -0.39 is 5.41 Å². The number of carbonyl (C=O) groups is 2. The number of esters is 1. The molecule has 28 heavy (non-hydrogen) atoms. The zero-order valence-corrected chi connectivity index (χ0v) is 17.8. The van der Waals surface area contributed by atoms with Gasteiger partial charge >= 0.3 is 5.97 Å². The Kier molecular flexibility index (Phi) is 5.54. The number of amides is 1. The van der Waals surface area contributed by atoms with Gasteiger partial charge in [-0.05, 0) is 71.2 Å². The number of carbonyl (C=O) groups excluding carboxylic acids is 2. The summed E-state index contributed by atoms with van der Waals surface area (Å²) < 4.78 is 4.91. The van der Waals surface area contributed by atoms with Crippen molar-refractivity contribution in [2.24, 2.45) is 10.8 Å². The molecule has 1 aromatic rings. The summed E-state index contributed by atoms with van der Waals surface area (Å²) >= 11 is 0. The molecule has 0 radical (unpaired) electrons.